The summed E-state index contributed by atoms with van der Waals surface area (Å²) in [6, 6.07) is 54.1. The van der Waals surface area contributed by atoms with Gasteiger partial charge in [-0.25, -0.2) is 0 Å². The van der Waals surface area contributed by atoms with Crippen LogP contribution in [0.2, 0.25) is 0 Å². The van der Waals surface area contributed by atoms with Crippen LogP contribution in [-0.4, -0.2) is 63.2 Å². The summed E-state index contributed by atoms with van der Waals surface area (Å²) in [5.74, 6) is 0. The molecule has 13 heteroatoms. The number of para-hydroxylation sites is 2. The number of hydrogen-bond acceptors (Lipinski definition) is 1. The second-order valence-corrected chi connectivity index (χ2v) is 27.1. The van der Waals surface area contributed by atoms with Gasteiger partial charge in [-0.1, -0.05) is 0 Å². The van der Waals surface area contributed by atoms with Crippen LogP contribution in [0, 0.1) is 0 Å². The van der Waals surface area contributed by atoms with Crippen LogP contribution < -0.4 is 26.6 Å². The molecule has 0 saturated carbocycles. The van der Waals surface area contributed by atoms with Gasteiger partial charge in [0, 0.05) is 0 Å². The van der Waals surface area contributed by atoms with E-state index in [1.165, 1.54) is 60.7 Å². The summed E-state index contributed by atoms with van der Waals surface area (Å²) in [5.41, 5.74) is 13.9. The number of fused-ring (bicyclic) bond motifs is 8. The van der Waals surface area contributed by atoms with Gasteiger partial charge < -0.3 is 0 Å². The standard InChI is InChI=1S/C37H24B9N2P2/c1-3-12-24(13-4-1)37(25-14-5-2-6-15-25)28-18-10-22-32-34(28)41(30-20-9-17-27-26-16-7-8-21-31(26)48(32)36(27)30)35-29(37)19-11-23-33(35)49(42-38-43(49)46(42)49)47-50-39-44(50)45(50)40-50/h1-23,47H/q-2. The molecule has 0 atom stereocenters. The second-order valence-electron chi connectivity index (χ2n) is 16.8. The average Bonchev–Trinajstić information content (AvgIpc) is 4.12. The monoisotopic (exact) mass is 657 g/mol. The van der Waals surface area contributed by atoms with Crippen LogP contribution in [0.25, 0.3) is 27.5 Å². The molecule has 9 aliphatic heterocycles. The normalized spacial score (nSPS) is 24.5. The Labute approximate surface area is 295 Å². The average molecular weight is 656 g/mol. The van der Waals surface area contributed by atoms with Gasteiger partial charge in [0.2, 0.25) is 0 Å². The Hall–Kier alpha value is -3.48. The maximum atomic E-state index is 4.85. The molecular formula is C37H24B9N2P2-2. The summed E-state index contributed by atoms with van der Waals surface area (Å²) in [5, 5.41) is 4.47. The molecule has 7 fully saturated rings. The van der Waals surface area contributed by atoms with Gasteiger partial charge >= 0.3 is 297 Å². The minimum absolute atomic E-state index is 0.181. The van der Waals surface area contributed by atoms with E-state index in [-0.39, 0.29) is 6.71 Å². The zero-order chi connectivity index (χ0) is 32.0. The first-order valence-electron chi connectivity index (χ1n) is 18.5. The number of benzene rings is 6. The van der Waals surface area contributed by atoms with Crippen LogP contribution in [0.4, 0.5) is 0 Å². The topological polar surface area (TPSA) is 17.0 Å². The van der Waals surface area contributed by atoms with E-state index < -0.39 is 18.1 Å². The fourth-order valence-electron chi connectivity index (χ4n) is 13.0. The zero-order valence-corrected chi connectivity index (χ0v) is 29.1. The molecule has 0 amide bonds. The summed E-state index contributed by atoms with van der Waals surface area (Å²) in [7, 11) is 2.75. The Bertz CT molecular complexity index is 2770. The van der Waals surface area contributed by atoms with Crippen molar-refractivity contribution in [2.24, 2.45) is 0 Å². The molecule has 6 aromatic carbocycles. The predicted molar refractivity (Wildman–Crippen MR) is 226 cm³/mol. The first kappa shape index (κ1) is 26.3. The van der Waals surface area contributed by atoms with Crippen molar-refractivity contribution < 1.29 is 0 Å². The summed E-state index contributed by atoms with van der Waals surface area (Å²) in [4.78, 5) is 4.85. The van der Waals surface area contributed by atoms with Gasteiger partial charge in [0.15, 0.2) is 0 Å². The third-order valence-electron chi connectivity index (χ3n) is 15.5. The van der Waals surface area contributed by atoms with Gasteiger partial charge in [-0.15, -0.1) is 0 Å². The van der Waals surface area contributed by atoms with Crippen LogP contribution in [0.1, 0.15) is 22.3 Å². The first-order valence-corrected chi connectivity index (χ1v) is 23.4. The quantitative estimate of drug-likeness (QED) is 0.221. The van der Waals surface area contributed by atoms with Crippen LogP contribution >= 0.6 is 12.7 Å². The molecule has 50 heavy (non-hydrogen) atoms. The Morgan fingerprint density at radius 3 is 1.94 bits per heavy atom. The third kappa shape index (κ3) is 2.30. The number of rotatable bonds is 5. The van der Waals surface area contributed by atoms with Gasteiger partial charge in [-0.05, 0) is 0 Å². The van der Waals surface area contributed by atoms with E-state index in [9.17, 15) is 0 Å². The van der Waals surface area contributed by atoms with Crippen LogP contribution in [0.3, 0.4) is 0 Å². The molecule has 221 valence electrons. The van der Waals surface area contributed by atoms with E-state index >= 15 is 0 Å². The SMILES string of the molecule is [B]1B2B3[B-]P123NP12(c3cccc4c3B3c5c(cccc5C4(c4ccccc4)c4ccccc4)-n4c5ccccc5c5cccc3c54)B3[B-]B1B32. The fourth-order valence-corrected chi connectivity index (χ4v) is 32.5. The van der Waals surface area contributed by atoms with Crippen molar-refractivity contribution in [3.05, 3.63) is 162 Å². The van der Waals surface area contributed by atoms with E-state index in [0.717, 1.165) is 31.1 Å². The van der Waals surface area contributed by atoms with Gasteiger partial charge in [0.05, 0.1) is 0 Å². The van der Waals surface area contributed by atoms with E-state index in [1.807, 2.05) is 0 Å². The van der Waals surface area contributed by atoms with E-state index in [4.69, 9.17) is 4.86 Å². The number of nitrogens with zero attached hydrogens (tertiary/aromatic N) is 1. The van der Waals surface area contributed by atoms with Crippen molar-refractivity contribution in [1.29, 1.82) is 0 Å². The molecule has 0 unspecified atom stereocenters. The van der Waals surface area contributed by atoms with Crippen molar-refractivity contribution in [3.63, 3.8) is 0 Å². The van der Waals surface area contributed by atoms with Crippen molar-refractivity contribution in [2.45, 2.75) is 5.41 Å². The number of hydrogen-bond donors (Lipinski definition) is 1. The van der Waals surface area contributed by atoms with Gasteiger partial charge in [0.1, 0.15) is 0 Å². The van der Waals surface area contributed by atoms with Gasteiger partial charge in [-0.3, -0.25) is 0 Å². The van der Waals surface area contributed by atoms with Crippen molar-refractivity contribution >= 4 is 115 Å². The van der Waals surface area contributed by atoms with E-state index in [1.54, 1.807) is 10.8 Å². The van der Waals surface area contributed by atoms with Crippen LogP contribution in [0.5, 0.6) is 0 Å². The Morgan fingerprint density at radius 1 is 0.640 bits per heavy atom. The molecule has 9 aliphatic rings. The molecule has 10 heterocycles. The van der Waals surface area contributed by atoms with Crippen LogP contribution in [-0.2, 0) is 5.41 Å². The molecular weight excluding hydrogens is 632 g/mol. The Kier molecular flexibility index (Phi) is 3.96. The summed E-state index contributed by atoms with van der Waals surface area (Å²) in [6.45, 7) is 5.75. The van der Waals surface area contributed by atoms with E-state index in [2.05, 4.69) is 165 Å². The minimum atomic E-state index is -2.29. The molecule has 7 saturated heterocycles. The molecule has 2 bridgehead atoms. The molecule has 1 aromatic heterocycles. The molecule has 0 aliphatic carbocycles. The first-order chi connectivity index (χ1) is 24.7. The number of aromatic nitrogens is 1. The fraction of sp³-hybridized carbons (Fsp3) is 0.0270. The van der Waals surface area contributed by atoms with Crippen molar-refractivity contribution in [3.8, 4) is 5.69 Å². The Morgan fingerprint density at radius 2 is 1.28 bits per heavy atom. The maximum absolute atomic E-state index is 4.85. The molecule has 1 N–H and O–H groups in total. The van der Waals surface area contributed by atoms with Crippen LogP contribution in [0.15, 0.2) is 140 Å². The molecule has 1 spiro atoms. The molecule has 2 nitrogen and oxygen atoms in total. The third-order valence-corrected chi connectivity index (χ3v) is 29.9. The molecule has 5 radical (unpaired) electrons. The van der Waals surface area contributed by atoms with E-state index in [0.29, 0.717) is 0 Å². The second kappa shape index (κ2) is 7.52. The molecule has 7 aromatic rings. The summed E-state index contributed by atoms with van der Waals surface area (Å²) < 4.78 is 2.62. The number of nitrogens with one attached hydrogen (secondary N) is 1. The van der Waals surface area contributed by atoms with Crippen molar-refractivity contribution in [1.82, 2.24) is 9.42 Å². The van der Waals surface area contributed by atoms with Gasteiger partial charge in [0.25, 0.3) is 0 Å². The Balaban J connectivity index is 1.15. The molecule has 16 rings (SSSR count). The summed E-state index contributed by atoms with van der Waals surface area (Å²) in [6.07, 6.45) is 0.276. The zero-order valence-electron chi connectivity index (χ0n) is 27.3. The predicted octanol–water partition coefficient (Wildman–Crippen LogP) is 3.66. The van der Waals surface area contributed by atoms with Gasteiger partial charge in [-0.2, -0.15) is 0 Å². The van der Waals surface area contributed by atoms with Crippen molar-refractivity contribution in [2.75, 3.05) is 0 Å². The summed E-state index contributed by atoms with van der Waals surface area (Å²) >= 11 is 0.